The zero-order valence-corrected chi connectivity index (χ0v) is 18.1. The third-order valence-electron chi connectivity index (χ3n) is 3.93. The van der Waals surface area contributed by atoms with Crippen LogP contribution in [0.1, 0.15) is 29.7 Å². The zero-order valence-electron chi connectivity index (χ0n) is 15.8. The number of halogens is 2. The number of aliphatic imine (C=N–C) groups is 1. The highest BCUT2D eigenvalue weighted by molar-refractivity contribution is 14.0. The van der Waals surface area contributed by atoms with Gasteiger partial charge in [0.05, 0.1) is 6.04 Å². The number of hydrogen-bond donors (Lipinski definition) is 2. The van der Waals surface area contributed by atoms with Crippen molar-refractivity contribution in [2.24, 2.45) is 4.99 Å². The summed E-state index contributed by atoms with van der Waals surface area (Å²) in [7, 11) is 5.61. The topological polar surface area (TPSA) is 39.7 Å². The van der Waals surface area contributed by atoms with Crippen molar-refractivity contribution >= 4 is 29.9 Å². The van der Waals surface area contributed by atoms with E-state index >= 15 is 0 Å². The van der Waals surface area contributed by atoms with Gasteiger partial charge < -0.3 is 15.5 Å². The Kier molecular flexibility index (Phi) is 9.58. The molecule has 0 bridgehead atoms. The summed E-state index contributed by atoms with van der Waals surface area (Å²) < 4.78 is 13.9. The molecule has 2 rings (SSSR count). The highest BCUT2D eigenvalue weighted by atomic mass is 127. The molecule has 0 fully saturated rings. The van der Waals surface area contributed by atoms with E-state index in [0.29, 0.717) is 18.7 Å². The summed E-state index contributed by atoms with van der Waals surface area (Å²) in [5.74, 6) is 0.549. The Labute approximate surface area is 172 Å². The first kappa shape index (κ1) is 22.4. The van der Waals surface area contributed by atoms with Crippen LogP contribution in [0.4, 0.5) is 4.39 Å². The van der Waals surface area contributed by atoms with Gasteiger partial charge in [-0.05, 0) is 44.3 Å². The molecule has 4 nitrogen and oxygen atoms in total. The van der Waals surface area contributed by atoms with Gasteiger partial charge in [0.1, 0.15) is 5.82 Å². The van der Waals surface area contributed by atoms with Crippen molar-refractivity contribution in [3.8, 4) is 0 Å². The molecule has 0 saturated heterocycles. The molecular weight excluding hydrogens is 442 g/mol. The van der Waals surface area contributed by atoms with E-state index in [-0.39, 0.29) is 35.8 Å². The Morgan fingerprint density at radius 1 is 1.15 bits per heavy atom. The van der Waals surface area contributed by atoms with Crippen LogP contribution >= 0.6 is 24.0 Å². The molecule has 0 aliphatic rings. The molecule has 1 atom stereocenters. The van der Waals surface area contributed by atoms with Gasteiger partial charge in [-0.2, -0.15) is 0 Å². The lowest BCUT2D eigenvalue weighted by atomic mass is 10.1. The van der Waals surface area contributed by atoms with Crippen LogP contribution in [0.3, 0.4) is 0 Å². The van der Waals surface area contributed by atoms with Gasteiger partial charge in [0.15, 0.2) is 5.96 Å². The fraction of sp³-hybridized carbons (Fsp3) is 0.350. The molecule has 26 heavy (non-hydrogen) atoms. The number of benzene rings is 2. The Balaban J connectivity index is 0.00000338. The van der Waals surface area contributed by atoms with Gasteiger partial charge in [0.25, 0.3) is 0 Å². The first-order chi connectivity index (χ1) is 12.0. The van der Waals surface area contributed by atoms with Crippen molar-refractivity contribution in [2.75, 3.05) is 21.1 Å². The summed E-state index contributed by atoms with van der Waals surface area (Å²) in [6, 6.07) is 15.6. The quantitative estimate of drug-likeness (QED) is 0.382. The van der Waals surface area contributed by atoms with Gasteiger partial charge in [0, 0.05) is 25.7 Å². The van der Waals surface area contributed by atoms with Crippen LogP contribution in [0.2, 0.25) is 0 Å². The molecule has 2 N–H and O–H groups in total. The maximum Gasteiger partial charge on any atom is 0.191 e. The number of hydrogen-bond acceptors (Lipinski definition) is 2. The maximum atomic E-state index is 13.9. The average Bonchev–Trinajstić information content (AvgIpc) is 2.61. The number of nitrogens with zero attached hydrogens (tertiary/aromatic N) is 2. The molecule has 0 aromatic heterocycles. The summed E-state index contributed by atoms with van der Waals surface area (Å²) in [4.78, 5) is 6.23. The molecule has 0 aliphatic heterocycles. The highest BCUT2D eigenvalue weighted by Gasteiger charge is 2.08. The lowest BCUT2D eigenvalue weighted by Crippen LogP contribution is -2.38. The molecule has 2 aromatic rings. The zero-order chi connectivity index (χ0) is 18.2. The normalized spacial score (nSPS) is 12.5. The van der Waals surface area contributed by atoms with Crippen LogP contribution < -0.4 is 10.6 Å². The Bertz CT molecular complexity index is 704. The lowest BCUT2D eigenvalue weighted by Gasteiger charge is -2.18. The monoisotopic (exact) mass is 470 g/mol. The smallest absolute Gasteiger partial charge is 0.191 e. The van der Waals surface area contributed by atoms with Crippen LogP contribution in [0, 0.1) is 5.82 Å². The van der Waals surface area contributed by atoms with Crippen molar-refractivity contribution < 1.29 is 4.39 Å². The standard InChI is InChI=1S/C20H27FN4.HI/c1-15(17-8-6-5-7-9-17)24-20(22-2)23-13-16-10-11-19(21)18(12-16)14-25(3)4;/h5-12,15H,13-14H2,1-4H3,(H2,22,23,24);1H. The Hall–Kier alpha value is -1.67. The minimum atomic E-state index is -0.169. The fourth-order valence-electron chi connectivity index (χ4n) is 2.61. The third-order valence-corrected chi connectivity index (χ3v) is 3.93. The van der Waals surface area contributed by atoms with Crippen LogP contribution in [0.25, 0.3) is 0 Å². The van der Waals surface area contributed by atoms with E-state index in [1.165, 1.54) is 11.6 Å². The number of guanidine groups is 1. The molecule has 0 heterocycles. The molecule has 1 unspecified atom stereocenters. The van der Waals surface area contributed by atoms with Gasteiger partial charge in [-0.1, -0.05) is 36.4 Å². The molecule has 2 aromatic carbocycles. The number of nitrogens with one attached hydrogen (secondary N) is 2. The fourth-order valence-corrected chi connectivity index (χ4v) is 2.61. The minimum Gasteiger partial charge on any atom is -0.352 e. The molecule has 0 radical (unpaired) electrons. The summed E-state index contributed by atoms with van der Waals surface area (Å²) in [5, 5.41) is 6.66. The van der Waals surface area contributed by atoms with Gasteiger partial charge in [0.2, 0.25) is 0 Å². The molecule has 0 saturated carbocycles. The van der Waals surface area contributed by atoms with Crippen LogP contribution in [0.5, 0.6) is 0 Å². The van der Waals surface area contributed by atoms with E-state index in [0.717, 1.165) is 11.5 Å². The number of rotatable bonds is 6. The molecule has 0 spiro atoms. The molecular formula is C20H28FIN4. The van der Waals surface area contributed by atoms with Gasteiger partial charge in [-0.15, -0.1) is 24.0 Å². The van der Waals surface area contributed by atoms with E-state index < -0.39 is 0 Å². The molecule has 142 valence electrons. The largest absolute Gasteiger partial charge is 0.352 e. The van der Waals surface area contributed by atoms with Crippen LogP contribution in [-0.4, -0.2) is 32.0 Å². The predicted molar refractivity (Wildman–Crippen MR) is 117 cm³/mol. The highest BCUT2D eigenvalue weighted by Crippen LogP contribution is 2.13. The summed E-state index contributed by atoms with van der Waals surface area (Å²) in [6.07, 6.45) is 0. The van der Waals surface area contributed by atoms with Gasteiger partial charge in [-0.3, -0.25) is 4.99 Å². The SMILES string of the molecule is CN=C(NCc1ccc(F)c(CN(C)C)c1)NC(C)c1ccccc1.I. The third kappa shape index (κ3) is 6.92. The van der Waals surface area contributed by atoms with E-state index in [1.807, 2.05) is 43.3 Å². The summed E-state index contributed by atoms with van der Waals surface area (Å²) >= 11 is 0. The first-order valence-electron chi connectivity index (χ1n) is 8.43. The van der Waals surface area contributed by atoms with Gasteiger partial charge >= 0.3 is 0 Å². The second kappa shape index (κ2) is 11.1. The van der Waals surface area contributed by atoms with Gasteiger partial charge in [-0.25, -0.2) is 4.39 Å². The van der Waals surface area contributed by atoms with Crippen molar-refractivity contribution in [1.29, 1.82) is 0 Å². The van der Waals surface area contributed by atoms with Crippen molar-refractivity contribution in [3.63, 3.8) is 0 Å². The molecule has 0 aliphatic carbocycles. The Morgan fingerprint density at radius 2 is 1.85 bits per heavy atom. The molecule has 0 amide bonds. The van der Waals surface area contributed by atoms with Crippen LogP contribution in [0.15, 0.2) is 53.5 Å². The average molecular weight is 470 g/mol. The Morgan fingerprint density at radius 3 is 2.46 bits per heavy atom. The lowest BCUT2D eigenvalue weighted by molar-refractivity contribution is 0.392. The maximum absolute atomic E-state index is 13.9. The van der Waals surface area contributed by atoms with Crippen molar-refractivity contribution in [3.05, 3.63) is 71.0 Å². The minimum absolute atomic E-state index is 0. The van der Waals surface area contributed by atoms with Crippen molar-refractivity contribution in [1.82, 2.24) is 15.5 Å². The van der Waals surface area contributed by atoms with E-state index in [4.69, 9.17) is 0 Å². The predicted octanol–water partition coefficient (Wildman–Crippen LogP) is 3.93. The second-order valence-corrected chi connectivity index (χ2v) is 6.37. The first-order valence-corrected chi connectivity index (χ1v) is 8.43. The second-order valence-electron chi connectivity index (χ2n) is 6.37. The van der Waals surface area contributed by atoms with E-state index in [1.54, 1.807) is 13.1 Å². The van der Waals surface area contributed by atoms with Crippen LogP contribution in [-0.2, 0) is 13.1 Å². The van der Waals surface area contributed by atoms with E-state index in [2.05, 4.69) is 34.7 Å². The molecule has 6 heteroatoms. The van der Waals surface area contributed by atoms with E-state index in [9.17, 15) is 4.39 Å². The van der Waals surface area contributed by atoms with Crippen molar-refractivity contribution in [2.45, 2.75) is 26.1 Å². The summed E-state index contributed by atoms with van der Waals surface area (Å²) in [6.45, 7) is 3.26. The summed E-state index contributed by atoms with van der Waals surface area (Å²) in [5.41, 5.74) is 2.92.